The van der Waals surface area contributed by atoms with Crippen molar-refractivity contribution in [3.05, 3.63) is 88.7 Å². The fourth-order valence-electron chi connectivity index (χ4n) is 8.21. The summed E-state index contributed by atoms with van der Waals surface area (Å²) in [7, 11) is -4.44. The van der Waals surface area contributed by atoms with Crippen molar-refractivity contribution >= 4 is 39.7 Å². The number of nitrogens with zero attached hydrogens (tertiary/aromatic N) is 3. The maximum absolute atomic E-state index is 14.5. The van der Waals surface area contributed by atoms with E-state index in [1.54, 1.807) is 44.2 Å². The van der Waals surface area contributed by atoms with Crippen molar-refractivity contribution in [2.75, 3.05) is 39.4 Å². The molecule has 1 aliphatic carbocycles. The summed E-state index contributed by atoms with van der Waals surface area (Å²) >= 11 is 0. The van der Waals surface area contributed by atoms with Gasteiger partial charge in [0.05, 0.1) is 29.1 Å². The number of carbonyl (C=O) groups excluding carboxylic acids is 5. The number of aryl methyl sites for hydroxylation is 2. The maximum Gasteiger partial charge on any atom is 0.274 e. The Morgan fingerprint density at radius 2 is 1.51 bits per heavy atom. The number of hydrogen-bond donors (Lipinski definition) is 9. The van der Waals surface area contributed by atoms with Crippen LogP contribution in [0, 0.1) is 25.2 Å². The normalized spacial score (nSPS) is 17.8. The topological polar surface area (TPSA) is 347 Å². The lowest BCUT2D eigenvalue weighted by atomic mass is 9.94. The first-order valence-corrected chi connectivity index (χ1v) is 24.7. The lowest BCUT2D eigenvalue weighted by Gasteiger charge is -2.27. The van der Waals surface area contributed by atoms with Crippen LogP contribution in [-0.2, 0) is 35.8 Å². The lowest BCUT2D eigenvalue weighted by Crippen LogP contribution is -2.57. The van der Waals surface area contributed by atoms with Gasteiger partial charge in [0, 0.05) is 42.7 Å². The van der Waals surface area contributed by atoms with E-state index in [-0.39, 0.29) is 67.9 Å². The molecule has 1 aromatic heterocycles. The van der Waals surface area contributed by atoms with Crippen molar-refractivity contribution < 1.29 is 46.6 Å². The molecular formula is C48H60N12O10S. The van der Waals surface area contributed by atoms with Gasteiger partial charge in [-0.05, 0) is 106 Å². The number of hydrogen-bond acceptors (Lipinski definition) is 15. The van der Waals surface area contributed by atoms with E-state index in [1.165, 1.54) is 19.4 Å². The Balaban J connectivity index is 1.35. The van der Waals surface area contributed by atoms with Crippen LogP contribution >= 0.6 is 0 Å². The maximum atomic E-state index is 14.5. The molecule has 5 amide bonds. The largest absolute Gasteiger partial charge is 0.492 e. The second kappa shape index (κ2) is 24.6. The van der Waals surface area contributed by atoms with Crippen molar-refractivity contribution in [2.45, 2.75) is 89.6 Å². The molecule has 71 heavy (non-hydrogen) atoms. The van der Waals surface area contributed by atoms with E-state index in [2.05, 4.69) is 36.6 Å². The van der Waals surface area contributed by atoms with Crippen molar-refractivity contribution in [2.24, 2.45) is 16.6 Å². The van der Waals surface area contributed by atoms with Gasteiger partial charge in [0.2, 0.25) is 23.6 Å². The minimum Gasteiger partial charge on any atom is -0.492 e. The van der Waals surface area contributed by atoms with Gasteiger partial charge in [0.15, 0.2) is 5.82 Å². The SMILES string of the molecule is Cc1nc(-c2ccc(OC3CCCCC3)cc2)nc(C)c1C(=O)NC(CNS(N)(=O)=O)C(=O)N[C@@H]1C(=O)N[C@@H](C)C(=O)N[C@H](C(=O)NCC#N)Cc2ccc(OCCN)c(c2)-c2cc1ccc2OCCN. The molecule has 22 nitrogen and oxygen atoms in total. The zero-order chi connectivity index (χ0) is 51.2. The molecule has 2 aliphatic rings. The van der Waals surface area contributed by atoms with E-state index in [0.717, 1.165) is 31.4 Å². The summed E-state index contributed by atoms with van der Waals surface area (Å²) in [6.45, 7) is 3.88. The van der Waals surface area contributed by atoms with Gasteiger partial charge in [-0.2, -0.15) is 18.4 Å². The van der Waals surface area contributed by atoms with Crippen LogP contribution in [0.1, 0.15) is 77.9 Å². The molecule has 1 saturated carbocycles. The zero-order valence-electron chi connectivity index (χ0n) is 39.7. The van der Waals surface area contributed by atoms with Crippen molar-refractivity contribution in [3.63, 3.8) is 0 Å². The van der Waals surface area contributed by atoms with E-state index in [4.69, 9.17) is 36.1 Å². The zero-order valence-corrected chi connectivity index (χ0v) is 40.5. The Kier molecular flexibility index (Phi) is 18.4. The smallest absolute Gasteiger partial charge is 0.274 e. The Hall–Kier alpha value is -7.23. The van der Waals surface area contributed by atoms with Crippen molar-refractivity contribution in [1.82, 2.24) is 41.3 Å². The molecule has 23 heteroatoms. The molecule has 4 atom stereocenters. The first-order chi connectivity index (χ1) is 34.0. The lowest BCUT2D eigenvalue weighted by molar-refractivity contribution is -0.133. The average molecular weight is 997 g/mol. The number of aromatic nitrogens is 2. The number of rotatable bonds is 18. The van der Waals surface area contributed by atoms with Gasteiger partial charge in [0.25, 0.3) is 16.1 Å². The van der Waals surface area contributed by atoms with Crippen LogP contribution < -0.4 is 62.1 Å². The van der Waals surface area contributed by atoms with Crippen LogP contribution in [0.3, 0.4) is 0 Å². The van der Waals surface area contributed by atoms with Gasteiger partial charge < -0.3 is 52.3 Å². The molecule has 1 fully saturated rings. The number of benzene rings is 3. The quantitative estimate of drug-likeness (QED) is 0.0621. The van der Waals surface area contributed by atoms with Gasteiger partial charge in [-0.1, -0.05) is 18.6 Å². The molecule has 6 rings (SSSR count). The van der Waals surface area contributed by atoms with Crippen molar-refractivity contribution in [3.8, 4) is 45.8 Å². The molecule has 0 radical (unpaired) electrons. The molecule has 0 spiro atoms. The minimum absolute atomic E-state index is 0.00202. The monoisotopic (exact) mass is 996 g/mol. The first kappa shape index (κ1) is 53.1. The highest BCUT2D eigenvalue weighted by atomic mass is 32.2. The molecule has 1 aliphatic heterocycles. The van der Waals surface area contributed by atoms with E-state index >= 15 is 0 Å². The number of amides is 5. The number of nitrogens with two attached hydrogens (primary N) is 3. The average Bonchev–Trinajstić information content (AvgIpc) is 3.34. The predicted octanol–water partition coefficient (Wildman–Crippen LogP) is 0.748. The molecule has 378 valence electrons. The number of nitriles is 1. The molecular weight excluding hydrogens is 937 g/mol. The molecule has 2 heterocycles. The molecule has 4 aromatic rings. The van der Waals surface area contributed by atoms with Gasteiger partial charge in [0.1, 0.15) is 61.2 Å². The Morgan fingerprint density at radius 3 is 2.13 bits per heavy atom. The van der Waals surface area contributed by atoms with Crippen LogP contribution in [0.15, 0.2) is 60.7 Å². The van der Waals surface area contributed by atoms with Gasteiger partial charge in [-0.25, -0.2) is 15.1 Å². The number of carbonyl (C=O) groups is 5. The van der Waals surface area contributed by atoms with E-state index in [9.17, 15) is 32.4 Å². The summed E-state index contributed by atoms with van der Waals surface area (Å²) < 4.78 is 44.7. The third-order valence-electron chi connectivity index (χ3n) is 11.7. The van der Waals surface area contributed by atoms with Gasteiger partial charge in [-0.3, -0.25) is 24.0 Å². The van der Waals surface area contributed by atoms with Crippen LogP contribution in [0.2, 0.25) is 0 Å². The fourth-order valence-corrected chi connectivity index (χ4v) is 8.61. The van der Waals surface area contributed by atoms with Gasteiger partial charge in [-0.15, -0.1) is 0 Å². The molecule has 3 aromatic carbocycles. The van der Waals surface area contributed by atoms with Crippen LogP contribution in [0.4, 0.5) is 0 Å². The number of fused-ring (bicyclic) bond motifs is 5. The number of nitrogens with one attached hydrogen (secondary N) is 6. The molecule has 4 bridgehead atoms. The van der Waals surface area contributed by atoms with Crippen LogP contribution in [0.25, 0.3) is 22.5 Å². The summed E-state index contributed by atoms with van der Waals surface area (Å²) in [5.74, 6) is -2.61. The Morgan fingerprint density at radius 1 is 0.873 bits per heavy atom. The first-order valence-electron chi connectivity index (χ1n) is 23.2. The predicted molar refractivity (Wildman–Crippen MR) is 261 cm³/mol. The van der Waals surface area contributed by atoms with E-state index in [1.807, 2.05) is 35.1 Å². The van der Waals surface area contributed by atoms with E-state index in [0.29, 0.717) is 39.6 Å². The fraction of sp³-hybridized carbons (Fsp3) is 0.417. The second-order valence-corrected chi connectivity index (χ2v) is 18.5. The summed E-state index contributed by atoms with van der Waals surface area (Å²) in [6.07, 6.45) is 5.58. The standard InChI is InChI=1S/C48H60N12O10S/c1-27-41(28(2)56-43(55-27)31-10-13-34(14-11-31)70-33-7-5-4-6-8-33)47(64)59-38(26-54-71(52,66)67)46(63)60-42-32-12-16-40(69-22-19-51)36(25-32)35-23-30(9-15-39(35)68-21-18-50)24-37(45(62)53-20-17-49)58-44(61)29(3)57-48(42)65/h9-16,23,25,29,33,37-38,42,54H,4-8,18-22,24,26,50-51H2,1-3H3,(H,53,62)(H,57,65)(H,58,61)(H,59,64)(H,60,63)(H2,52,66,67)/t29-,37-,38?,42-/m0/s1. The summed E-state index contributed by atoms with van der Waals surface area (Å²) in [6, 6.07) is 12.9. The highest BCUT2D eigenvalue weighted by Gasteiger charge is 2.34. The highest BCUT2D eigenvalue weighted by molar-refractivity contribution is 7.87. The third kappa shape index (κ3) is 14.4. The van der Waals surface area contributed by atoms with Crippen LogP contribution in [-0.4, -0.2) is 112 Å². The summed E-state index contributed by atoms with van der Waals surface area (Å²) in [4.78, 5) is 79.3. The molecule has 0 saturated heterocycles. The Bertz CT molecular complexity index is 2720. The second-order valence-electron chi connectivity index (χ2n) is 17.1. The molecule has 12 N–H and O–H groups in total. The third-order valence-corrected chi connectivity index (χ3v) is 12.3. The number of ether oxygens (including phenoxy) is 3. The molecule has 1 unspecified atom stereocenters. The van der Waals surface area contributed by atoms with E-state index < -0.39 is 70.5 Å². The van der Waals surface area contributed by atoms with Crippen molar-refractivity contribution in [1.29, 1.82) is 5.26 Å². The van der Waals surface area contributed by atoms with Crippen LogP contribution in [0.5, 0.6) is 17.2 Å². The Labute approximate surface area is 411 Å². The highest BCUT2D eigenvalue weighted by Crippen LogP contribution is 2.39. The summed E-state index contributed by atoms with van der Waals surface area (Å²) in [5, 5.41) is 27.3. The minimum atomic E-state index is -4.44. The summed E-state index contributed by atoms with van der Waals surface area (Å²) in [5.41, 5.74) is 14.2. The van der Waals surface area contributed by atoms with Gasteiger partial charge >= 0.3 is 0 Å².